The Labute approximate surface area is 142 Å². The summed E-state index contributed by atoms with van der Waals surface area (Å²) in [5.74, 6) is -0.748. The molecule has 0 aliphatic heterocycles. The van der Waals surface area contributed by atoms with Crippen molar-refractivity contribution in [3.05, 3.63) is 51.1 Å². The van der Waals surface area contributed by atoms with Crippen molar-refractivity contribution in [1.82, 2.24) is 9.29 Å². The molecule has 0 aromatic carbocycles. The highest BCUT2D eigenvalue weighted by molar-refractivity contribution is 7.89. The molecular weight excluding hydrogens is 356 g/mol. The minimum absolute atomic E-state index is 0.0428. The average molecular weight is 372 g/mol. The van der Waals surface area contributed by atoms with Gasteiger partial charge in [0.05, 0.1) is 19.8 Å². The van der Waals surface area contributed by atoms with Crippen LogP contribution in [0.2, 0.25) is 0 Å². The number of esters is 1. The molecule has 2 rings (SSSR count). The summed E-state index contributed by atoms with van der Waals surface area (Å²) in [5.41, 5.74) is -0.301. The second-order valence-electron chi connectivity index (χ2n) is 4.80. The van der Waals surface area contributed by atoms with Gasteiger partial charge in [-0.15, -0.1) is 11.3 Å². The van der Waals surface area contributed by atoms with E-state index in [4.69, 9.17) is 0 Å². The molecular formula is C14H16N2O6S2. The highest BCUT2D eigenvalue weighted by atomic mass is 32.2. The van der Waals surface area contributed by atoms with E-state index in [9.17, 15) is 23.1 Å². The number of carbonyl (C=O) groups excluding carboxylic acids is 1. The second-order valence-corrected chi connectivity index (χ2v) is 7.45. The lowest BCUT2D eigenvalue weighted by Gasteiger charge is -2.13. The summed E-state index contributed by atoms with van der Waals surface area (Å²) in [5, 5.41) is 11.4. The summed E-state index contributed by atoms with van der Waals surface area (Å²) in [6.45, 7) is -0.365. The van der Waals surface area contributed by atoms with Crippen molar-refractivity contribution in [2.75, 3.05) is 13.7 Å². The highest BCUT2D eigenvalue weighted by Gasteiger charge is 2.25. The second kappa shape index (κ2) is 7.71. The minimum atomic E-state index is -3.99. The van der Waals surface area contributed by atoms with E-state index in [0.717, 1.165) is 18.4 Å². The van der Waals surface area contributed by atoms with E-state index in [1.54, 1.807) is 12.1 Å². The van der Waals surface area contributed by atoms with E-state index in [1.807, 2.05) is 0 Å². The molecule has 1 unspecified atom stereocenters. The van der Waals surface area contributed by atoms with Crippen LogP contribution in [-0.4, -0.2) is 43.8 Å². The quantitative estimate of drug-likeness (QED) is 0.663. The summed E-state index contributed by atoms with van der Waals surface area (Å²) in [7, 11) is -2.83. The molecule has 2 N–H and O–H groups in total. The molecule has 0 amide bonds. The fourth-order valence-corrected chi connectivity index (χ4v) is 4.34. The van der Waals surface area contributed by atoms with Crippen molar-refractivity contribution in [1.29, 1.82) is 0 Å². The SMILES string of the molecule is COC(=O)c1sccc1S(=O)(=O)NCC(O)Cn1ccccc1=O. The summed E-state index contributed by atoms with van der Waals surface area (Å²) >= 11 is 0.946. The maximum Gasteiger partial charge on any atom is 0.349 e. The van der Waals surface area contributed by atoms with Crippen LogP contribution in [-0.2, 0) is 21.3 Å². The third-order valence-corrected chi connectivity index (χ3v) is 5.59. The van der Waals surface area contributed by atoms with E-state index in [2.05, 4.69) is 9.46 Å². The molecule has 0 radical (unpaired) electrons. The van der Waals surface area contributed by atoms with Crippen molar-refractivity contribution in [2.45, 2.75) is 17.5 Å². The van der Waals surface area contributed by atoms with Gasteiger partial charge in [0.15, 0.2) is 0 Å². The molecule has 2 aromatic rings. The van der Waals surface area contributed by atoms with Gasteiger partial charge in [-0.25, -0.2) is 17.9 Å². The van der Waals surface area contributed by atoms with Gasteiger partial charge < -0.3 is 14.4 Å². The minimum Gasteiger partial charge on any atom is -0.465 e. The number of rotatable bonds is 7. The first-order valence-electron chi connectivity index (χ1n) is 6.84. The van der Waals surface area contributed by atoms with Crippen LogP contribution in [0, 0.1) is 0 Å². The number of hydrogen-bond donors (Lipinski definition) is 2. The fourth-order valence-electron chi connectivity index (χ4n) is 1.94. The van der Waals surface area contributed by atoms with E-state index in [0.29, 0.717) is 0 Å². The van der Waals surface area contributed by atoms with Gasteiger partial charge in [0.2, 0.25) is 10.0 Å². The van der Waals surface area contributed by atoms with Gasteiger partial charge in [0.1, 0.15) is 9.77 Å². The van der Waals surface area contributed by atoms with Gasteiger partial charge in [0, 0.05) is 18.8 Å². The highest BCUT2D eigenvalue weighted by Crippen LogP contribution is 2.22. The molecule has 1 atom stereocenters. The van der Waals surface area contributed by atoms with Crippen molar-refractivity contribution < 1.29 is 23.1 Å². The number of sulfonamides is 1. The van der Waals surface area contributed by atoms with Gasteiger partial charge in [-0.3, -0.25) is 4.79 Å². The molecule has 0 aliphatic rings. The van der Waals surface area contributed by atoms with E-state index in [1.165, 1.54) is 28.3 Å². The first-order chi connectivity index (χ1) is 11.3. The Balaban J connectivity index is 2.05. The van der Waals surface area contributed by atoms with E-state index < -0.39 is 22.1 Å². The number of thiophene rings is 1. The molecule has 0 bridgehead atoms. The Hall–Kier alpha value is -2.01. The summed E-state index contributed by atoms with van der Waals surface area (Å²) in [6, 6.07) is 5.82. The monoisotopic (exact) mass is 372 g/mol. The van der Waals surface area contributed by atoms with Crippen LogP contribution in [0.4, 0.5) is 0 Å². The summed E-state index contributed by atoms with van der Waals surface area (Å²) in [4.78, 5) is 22.9. The molecule has 2 heterocycles. The number of hydrogen-bond acceptors (Lipinski definition) is 7. The number of nitrogens with zero attached hydrogens (tertiary/aromatic N) is 1. The van der Waals surface area contributed by atoms with Crippen LogP contribution < -0.4 is 10.3 Å². The molecule has 10 heteroatoms. The number of aliphatic hydroxyl groups is 1. The van der Waals surface area contributed by atoms with E-state index >= 15 is 0 Å². The Kier molecular flexibility index (Phi) is 5.89. The van der Waals surface area contributed by atoms with Crippen LogP contribution in [0.3, 0.4) is 0 Å². The third kappa shape index (κ3) is 4.29. The van der Waals surface area contributed by atoms with Crippen LogP contribution >= 0.6 is 11.3 Å². The number of methoxy groups -OCH3 is 1. The largest absolute Gasteiger partial charge is 0.465 e. The third-order valence-electron chi connectivity index (χ3n) is 3.10. The molecule has 130 valence electrons. The number of nitrogens with one attached hydrogen (secondary N) is 1. The van der Waals surface area contributed by atoms with Crippen LogP contribution in [0.1, 0.15) is 9.67 Å². The number of aliphatic hydroxyl groups excluding tert-OH is 1. The first-order valence-corrected chi connectivity index (χ1v) is 9.20. The Morgan fingerprint density at radius 2 is 2.17 bits per heavy atom. The molecule has 0 spiro atoms. The van der Waals surface area contributed by atoms with Crippen LogP contribution in [0.25, 0.3) is 0 Å². The lowest BCUT2D eigenvalue weighted by Crippen LogP contribution is -2.36. The lowest BCUT2D eigenvalue weighted by atomic mass is 10.3. The molecule has 2 aromatic heterocycles. The van der Waals surface area contributed by atoms with Gasteiger partial charge in [-0.2, -0.15) is 0 Å². The molecule has 0 saturated heterocycles. The number of ether oxygens (including phenoxy) is 1. The van der Waals surface area contributed by atoms with Gasteiger partial charge >= 0.3 is 5.97 Å². The normalized spacial score (nSPS) is 12.8. The smallest absolute Gasteiger partial charge is 0.349 e. The summed E-state index contributed by atoms with van der Waals surface area (Å²) in [6.07, 6.45) is 0.383. The Bertz CT molecular complexity index is 871. The maximum absolute atomic E-state index is 12.3. The predicted octanol–water partition coefficient (Wildman–Crippen LogP) is 0.0358. The predicted molar refractivity (Wildman–Crippen MR) is 87.6 cm³/mol. The van der Waals surface area contributed by atoms with Gasteiger partial charge in [-0.05, 0) is 17.5 Å². The zero-order valence-electron chi connectivity index (χ0n) is 12.7. The van der Waals surface area contributed by atoms with Crippen LogP contribution in [0.5, 0.6) is 0 Å². The lowest BCUT2D eigenvalue weighted by molar-refractivity contribution is 0.0602. The van der Waals surface area contributed by atoms with Crippen molar-refractivity contribution in [2.24, 2.45) is 0 Å². The fraction of sp³-hybridized carbons (Fsp3) is 0.286. The van der Waals surface area contributed by atoms with Crippen molar-refractivity contribution >= 4 is 27.3 Å². The molecule has 8 nitrogen and oxygen atoms in total. The first kappa shape index (κ1) is 18.3. The average Bonchev–Trinajstić information content (AvgIpc) is 3.05. The van der Waals surface area contributed by atoms with Crippen molar-refractivity contribution in [3.63, 3.8) is 0 Å². The zero-order valence-corrected chi connectivity index (χ0v) is 14.3. The Morgan fingerprint density at radius 3 is 2.83 bits per heavy atom. The topological polar surface area (TPSA) is 115 Å². The Morgan fingerprint density at radius 1 is 1.42 bits per heavy atom. The van der Waals surface area contributed by atoms with E-state index in [-0.39, 0.29) is 28.4 Å². The molecule has 0 aliphatic carbocycles. The number of pyridine rings is 1. The standard InChI is InChI=1S/C14H16N2O6S2/c1-22-14(19)13-11(5-7-23-13)24(20,21)15-8-10(17)9-16-6-3-2-4-12(16)18/h2-7,10,15,17H,8-9H2,1H3. The number of carbonyl (C=O) groups is 1. The molecule has 24 heavy (non-hydrogen) atoms. The zero-order chi connectivity index (χ0) is 17.7. The van der Waals surface area contributed by atoms with Crippen molar-refractivity contribution in [3.8, 4) is 0 Å². The molecule has 0 fully saturated rings. The van der Waals surface area contributed by atoms with Crippen LogP contribution in [0.15, 0.2) is 45.5 Å². The molecule has 0 saturated carbocycles. The number of aromatic nitrogens is 1. The van der Waals surface area contributed by atoms with Gasteiger partial charge in [-0.1, -0.05) is 6.07 Å². The van der Waals surface area contributed by atoms with Gasteiger partial charge in [0.25, 0.3) is 5.56 Å². The maximum atomic E-state index is 12.3. The summed E-state index contributed by atoms with van der Waals surface area (Å²) < 4.78 is 32.6.